The zero-order chi connectivity index (χ0) is 13.4. The normalized spacial score (nSPS) is 28.2. The van der Waals surface area contributed by atoms with Crippen molar-refractivity contribution in [1.29, 1.82) is 5.26 Å². The van der Waals surface area contributed by atoms with Gasteiger partial charge in [-0.1, -0.05) is 30.3 Å². The highest BCUT2D eigenvalue weighted by Crippen LogP contribution is 2.62. The first-order valence-corrected chi connectivity index (χ1v) is 5.77. The molecule has 1 aromatic rings. The predicted octanol–water partition coefficient (Wildman–Crippen LogP) is 2.41. The van der Waals surface area contributed by atoms with Crippen LogP contribution in [0.15, 0.2) is 30.3 Å². The number of hydrogen-bond donors (Lipinski definition) is 0. The molecular formula is C14H17NO3. The van der Waals surface area contributed by atoms with Gasteiger partial charge in [-0.15, -0.1) is 0 Å². The van der Waals surface area contributed by atoms with Gasteiger partial charge in [0.1, 0.15) is 6.07 Å². The van der Waals surface area contributed by atoms with Gasteiger partial charge in [0.25, 0.3) is 5.97 Å². The van der Waals surface area contributed by atoms with Crippen LogP contribution in [0.3, 0.4) is 0 Å². The summed E-state index contributed by atoms with van der Waals surface area (Å²) in [4.78, 5) is 0. The molecule has 1 aliphatic heterocycles. The Labute approximate surface area is 107 Å². The number of benzene rings is 1. The van der Waals surface area contributed by atoms with Crippen LogP contribution in [0.1, 0.15) is 19.4 Å². The summed E-state index contributed by atoms with van der Waals surface area (Å²) in [5.74, 6) is -1.18. The highest BCUT2D eigenvalue weighted by Gasteiger charge is 2.74. The highest BCUT2D eigenvalue weighted by atomic mass is 16.9. The fourth-order valence-corrected chi connectivity index (χ4v) is 2.62. The number of hydrogen-bond acceptors (Lipinski definition) is 4. The van der Waals surface area contributed by atoms with Gasteiger partial charge in [-0.2, -0.15) is 5.26 Å². The Kier molecular flexibility index (Phi) is 2.94. The Balaban J connectivity index is 2.49. The summed E-state index contributed by atoms with van der Waals surface area (Å²) < 4.78 is 16.4. The van der Waals surface area contributed by atoms with Gasteiger partial charge in [0.05, 0.1) is 5.41 Å². The molecule has 0 aromatic heterocycles. The van der Waals surface area contributed by atoms with E-state index >= 15 is 0 Å². The smallest absolute Gasteiger partial charge is 0.293 e. The summed E-state index contributed by atoms with van der Waals surface area (Å²) in [5, 5.41) is 9.56. The van der Waals surface area contributed by atoms with Crippen LogP contribution in [0, 0.1) is 16.7 Å². The van der Waals surface area contributed by atoms with Crippen molar-refractivity contribution < 1.29 is 14.2 Å². The molecule has 0 aliphatic carbocycles. The average Bonchev–Trinajstić information content (AvgIpc) is 2.41. The molecule has 0 spiro atoms. The number of nitrogens with zero attached hydrogens (tertiary/aromatic N) is 1. The Bertz CT molecular complexity index is 474. The lowest BCUT2D eigenvalue weighted by Crippen LogP contribution is -2.73. The molecule has 4 nitrogen and oxygen atoms in total. The molecule has 1 saturated heterocycles. The third-order valence-electron chi connectivity index (χ3n) is 3.81. The van der Waals surface area contributed by atoms with E-state index < -0.39 is 17.0 Å². The van der Waals surface area contributed by atoms with Crippen LogP contribution in [0.25, 0.3) is 0 Å². The zero-order valence-electron chi connectivity index (χ0n) is 11.1. The largest absolute Gasteiger partial charge is 0.330 e. The Morgan fingerprint density at radius 2 is 1.67 bits per heavy atom. The lowest BCUT2D eigenvalue weighted by atomic mass is 9.64. The lowest BCUT2D eigenvalue weighted by Gasteiger charge is -2.62. The molecule has 2 rings (SSSR count). The predicted molar refractivity (Wildman–Crippen MR) is 65.3 cm³/mol. The van der Waals surface area contributed by atoms with Crippen molar-refractivity contribution in [2.75, 3.05) is 14.2 Å². The molecule has 0 bridgehead atoms. The molecule has 1 heterocycles. The summed E-state index contributed by atoms with van der Waals surface area (Å²) in [6, 6.07) is 11.7. The molecule has 1 aliphatic rings. The van der Waals surface area contributed by atoms with E-state index in [2.05, 4.69) is 6.07 Å². The fraction of sp³-hybridized carbons (Fsp3) is 0.500. The maximum Gasteiger partial charge on any atom is 0.293 e. The maximum atomic E-state index is 9.56. The molecule has 0 saturated carbocycles. The van der Waals surface area contributed by atoms with E-state index in [9.17, 15) is 5.26 Å². The second-order valence-electron chi connectivity index (χ2n) is 4.85. The van der Waals surface area contributed by atoms with E-state index in [1.54, 1.807) is 0 Å². The zero-order valence-corrected chi connectivity index (χ0v) is 11.1. The minimum Gasteiger partial charge on any atom is -0.330 e. The molecule has 0 amide bonds. The number of rotatable bonds is 3. The van der Waals surface area contributed by atoms with Gasteiger partial charge in [0.15, 0.2) is 5.60 Å². The van der Waals surface area contributed by atoms with Crippen molar-refractivity contribution in [3.05, 3.63) is 35.9 Å². The molecule has 18 heavy (non-hydrogen) atoms. The molecule has 0 radical (unpaired) electrons. The average molecular weight is 247 g/mol. The van der Waals surface area contributed by atoms with Gasteiger partial charge >= 0.3 is 0 Å². The van der Waals surface area contributed by atoms with Crippen LogP contribution in [0.5, 0.6) is 0 Å². The van der Waals surface area contributed by atoms with Crippen molar-refractivity contribution in [2.45, 2.75) is 25.4 Å². The first-order valence-electron chi connectivity index (χ1n) is 5.77. The van der Waals surface area contributed by atoms with Crippen molar-refractivity contribution in [2.24, 2.45) is 5.41 Å². The van der Waals surface area contributed by atoms with E-state index in [0.717, 1.165) is 5.56 Å². The molecule has 1 unspecified atom stereocenters. The van der Waals surface area contributed by atoms with Gasteiger partial charge in [-0.25, -0.2) is 0 Å². The minimum atomic E-state index is -1.18. The number of nitriles is 1. The van der Waals surface area contributed by atoms with Gasteiger partial charge in [-0.3, -0.25) is 4.74 Å². The summed E-state index contributed by atoms with van der Waals surface area (Å²) >= 11 is 0. The van der Waals surface area contributed by atoms with Crippen LogP contribution in [0.4, 0.5) is 0 Å². The standard InChI is InChI=1S/C14H17NO3/c1-12(2)13(10-15,11-8-6-5-7-9-11)18-14(12,16-3)17-4/h5-9H,1-4H3. The number of ether oxygens (including phenoxy) is 3. The quantitative estimate of drug-likeness (QED) is 0.770. The van der Waals surface area contributed by atoms with E-state index in [4.69, 9.17) is 14.2 Å². The molecule has 96 valence electrons. The molecule has 1 aromatic carbocycles. The Morgan fingerprint density at radius 1 is 1.11 bits per heavy atom. The van der Waals surface area contributed by atoms with Gasteiger partial charge < -0.3 is 9.47 Å². The van der Waals surface area contributed by atoms with E-state index in [1.165, 1.54) is 14.2 Å². The van der Waals surface area contributed by atoms with Crippen LogP contribution in [-0.2, 0) is 19.8 Å². The lowest BCUT2D eigenvalue weighted by molar-refractivity contribution is -0.536. The summed E-state index contributed by atoms with van der Waals surface area (Å²) in [6.07, 6.45) is 0. The van der Waals surface area contributed by atoms with Gasteiger partial charge in [0, 0.05) is 14.2 Å². The second-order valence-corrected chi connectivity index (χ2v) is 4.85. The first-order chi connectivity index (χ1) is 8.49. The maximum absolute atomic E-state index is 9.56. The summed E-state index contributed by atoms with van der Waals surface area (Å²) in [6.45, 7) is 3.80. The van der Waals surface area contributed by atoms with E-state index in [-0.39, 0.29) is 0 Å². The van der Waals surface area contributed by atoms with Crippen molar-refractivity contribution >= 4 is 0 Å². The molecule has 1 atom stereocenters. The molecular weight excluding hydrogens is 230 g/mol. The molecule has 1 fully saturated rings. The second kappa shape index (κ2) is 4.06. The van der Waals surface area contributed by atoms with Crippen LogP contribution in [0.2, 0.25) is 0 Å². The minimum absolute atomic E-state index is 0.625. The third-order valence-corrected chi connectivity index (χ3v) is 3.81. The Hall–Kier alpha value is -1.41. The van der Waals surface area contributed by atoms with Crippen LogP contribution in [-0.4, -0.2) is 20.2 Å². The first kappa shape index (κ1) is 13.0. The molecule has 0 N–H and O–H groups in total. The van der Waals surface area contributed by atoms with Crippen LogP contribution < -0.4 is 0 Å². The van der Waals surface area contributed by atoms with Crippen molar-refractivity contribution in [1.82, 2.24) is 0 Å². The van der Waals surface area contributed by atoms with E-state index in [0.29, 0.717) is 0 Å². The summed E-state index contributed by atoms with van der Waals surface area (Å²) in [7, 11) is 3.02. The number of methoxy groups -OCH3 is 2. The monoisotopic (exact) mass is 247 g/mol. The summed E-state index contributed by atoms with van der Waals surface area (Å²) in [5.41, 5.74) is -0.873. The highest BCUT2D eigenvalue weighted by molar-refractivity contribution is 5.36. The van der Waals surface area contributed by atoms with Gasteiger partial charge in [0.2, 0.25) is 0 Å². The SMILES string of the molecule is COC1(OC)OC(C#N)(c2ccccc2)C1(C)C. The van der Waals surface area contributed by atoms with Crippen LogP contribution >= 0.6 is 0 Å². The van der Waals surface area contributed by atoms with E-state index in [1.807, 2.05) is 44.2 Å². The molecule has 4 heteroatoms. The Morgan fingerprint density at radius 3 is 2.06 bits per heavy atom. The van der Waals surface area contributed by atoms with Crippen molar-refractivity contribution in [3.8, 4) is 6.07 Å². The topological polar surface area (TPSA) is 51.5 Å². The fourth-order valence-electron chi connectivity index (χ4n) is 2.62. The van der Waals surface area contributed by atoms with Gasteiger partial charge in [-0.05, 0) is 19.4 Å². The van der Waals surface area contributed by atoms with Crippen molar-refractivity contribution in [3.63, 3.8) is 0 Å². The third kappa shape index (κ3) is 1.30.